The minimum atomic E-state index is -1.22. The lowest BCUT2D eigenvalue weighted by molar-refractivity contribution is -0.144. The number of likely N-dealkylation sites (tertiary alicyclic amines) is 1. The predicted molar refractivity (Wildman–Crippen MR) is 216 cm³/mol. The van der Waals surface area contributed by atoms with Gasteiger partial charge in [0.15, 0.2) is 0 Å². The highest BCUT2D eigenvalue weighted by Gasteiger charge is 2.46. The van der Waals surface area contributed by atoms with E-state index in [1.807, 2.05) is 49.4 Å². The fourth-order valence-electron chi connectivity index (χ4n) is 7.19. The molecule has 16 heteroatoms. The Morgan fingerprint density at radius 2 is 1.54 bits per heavy atom. The molecule has 1 unspecified atom stereocenters. The van der Waals surface area contributed by atoms with Crippen molar-refractivity contribution in [2.45, 2.75) is 104 Å². The Balaban J connectivity index is 1.34. The van der Waals surface area contributed by atoms with Crippen LogP contribution in [-0.2, 0) is 48.2 Å². The number of aromatic nitrogens is 2. The second-order valence-corrected chi connectivity index (χ2v) is 15.6. The molecule has 3 aromatic rings. The molecule has 0 aliphatic carbocycles. The zero-order valence-electron chi connectivity index (χ0n) is 34.2. The van der Waals surface area contributed by atoms with Crippen LogP contribution in [-0.4, -0.2) is 105 Å². The van der Waals surface area contributed by atoms with Gasteiger partial charge in [-0.3, -0.25) is 33.8 Å². The number of hydrogen-bond acceptors (Lipinski definition) is 10. The van der Waals surface area contributed by atoms with Crippen LogP contribution in [0.25, 0.3) is 0 Å². The molecule has 314 valence electrons. The van der Waals surface area contributed by atoms with Crippen LogP contribution >= 0.6 is 0 Å². The molecule has 6 amide bonds. The molecule has 4 N–H and O–H groups in total. The number of nitrogens with zero attached hydrogens (tertiary/aromatic N) is 4. The third-order valence-corrected chi connectivity index (χ3v) is 10.5. The maximum Gasteiger partial charge on any atom is 0.410 e. The Bertz CT molecular complexity index is 1980. The van der Waals surface area contributed by atoms with Gasteiger partial charge in [-0.15, -0.1) is 0 Å². The zero-order chi connectivity index (χ0) is 42.6. The third kappa shape index (κ3) is 11.5. The van der Waals surface area contributed by atoms with E-state index in [2.05, 4.69) is 31.2 Å². The van der Waals surface area contributed by atoms with Crippen molar-refractivity contribution in [3.63, 3.8) is 0 Å². The summed E-state index contributed by atoms with van der Waals surface area (Å²) in [5.74, 6) is -5.18. The first kappa shape index (κ1) is 43.9. The number of carbonyl (C=O) groups is 7. The number of ether oxygens (including phenoxy) is 1. The van der Waals surface area contributed by atoms with Crippen LogP contribution < -0.4 is 21.3 Å². The van der Waals surface area contributed by atoms with E-state index >= 15 is 0 Å². The van der Waals surface area contributed by atoms with Gasteiger partial charge in [0.2, 0.25) is 23.5 Å². The molecule has 2 aromatic carbocycles. The molecule has 1 fully saturated rings. The van der Waals surface area contributed by atoms with Crippen molar-refractivity contribution < 1.29 is 38.3 Å². The van der Waals surface area contributed by atoms with E-state index in [1.54, 1.807) is 44.7 Å². The summed E-state index contributed by atoms with van der Waals surface area (Å²) in [6, 6.07) is 12.2. The first-order valence-electron chi connectivity index (χ1n) is 20.1. The van der Waals surface area contributed by atoms with Gasteiger partial charge >= 0.3 is 6.09 Å². The van der Waals surface area contributed by atoms with Crippen LogP contribution in [0.3, 0.4) is 0 Å². The van der Waals surface area contributed by atoms with Crippen LogP contribution in [0.1, 0.15) is 81.1 Å². The van der Waals surface area contributed by atoms with Crippen molar-refractivity contribution in [1.82, 2.24) is 41.0 Å². The number of amides is 6. The summed E-state index contributed by atoms with van der Waals surface area (Å²) in [6.07, 6.45) is 3.69. The average molecular weight is 811 g/mol. The van der Waals surface area contributed by atoms with E-state index in [0.717, 1.165) is 16.7 Å². The molecule has 0 radical (unpaired) electrons. The van der Waals surface area contributed by atoms with E-state index in [0.29, 0.717) is 25.9 Å². The molecule has 0 saturated carbocycles. The van der Waals surface area contributed by atoms with Gasteiger partial charge < -0.3 is 35.8 Å². The van der Waals surface area contributed by atoms with Crippen LogP contribution in [0.5, 0.6) is 0 Å². The first-order chi connectivity index (χ1) is 28.3. The van der Waals surface area contributed by atoms with Crippen LogP contribution in [0.2, 0.25) is 0 Å². The highest BCUT2D eigenvalue weighted by atomic mass is 16.6. The molecule has 1 saturated heterocycles. The Morgan fingerprint density at radius 1 is 0.847 bits per heavy atom. The molecule has 59 heavy (non-hydrogen) atoms. The number of ketones is 1. The number of fused-ring (bicyclic) bond motifs is 1. The third-order valence-electron chi connectivity index (χ3n) is 10.5. The average Bonchev–Trinajstić information content (AvgIpc) is 3.67. The van der Waals surface area contributed by atoms with Gasteiger partial charge in [-0.05, 0) is 41.4 Å². The van der Waals surface area contributed by atoms with Gasteiger partial charge in [0, 0.05) is 38.4 Å². The largest absolute Gasteiger partial charge is 0.444 e. The summed E-state index contributed by atoms with van der Waals surface area (Å²) < 4.78 is 5.95. The van der Waals surface area contributed by atoms with E-state index in [4.69, 9.17) is 4.74 Å². The van der Waals surface area contributed by atoms with Crippen molar-refractivity contribution in [3.05, 3.63) is 95.6 Å². The summed E-state index contributed by atoms with van der Waals surface area (Å²) >= 11 is 0. The van der Waals surface area contributed by atoms with Gasteiger partial charge in [0.25, 0.3) is 11.8 Å². The molecule has 2 aliphatic heterocycles. The molecule has 1 aromatic heterocycles. The van der Waals surface area contributed by atoms with Gasteiger partial charge in [-0.1, -0.05) is 95.6 Å². The van der Waals surface area contributed by atoms with E-state index in [1.165, 1.54) is 23.5 Å². The van der Waals surface area contributed by atoms with Gasteiger partial charge in [0.05, 0.1) is 18.8 Å². The fraction of sp³-hybridized carbons (Fsp3) is 0.465. The molecule has 5 rings (SSSR count). The SMILES string of the molecule is CCCC(NC(=O)[C@@H]1C[C@@H](OC(=O)N2CCc3ccccc3C2)CN1C(=O)[C@H](NC(=O)[C@H](NC(=O)c1cnccn1)C(C)C)C(C)C)C(=O)C(=O)NCc1ccccc1. The van der Waals surface area contributed by atoms with Crippen molar-refractivity contribution in [2.24, 2.45) is 11.8 Å². The fourth-order valence-corrected chi connectivity index (χ4v) is 7.19. The van der Waals surface area contributed by atoms with Crippen LogP contribution in [0.15, 0.2) is 73.2 Å². The number of nitrogens with one attached hydrogen (secondary N) is 4. The Morgan fingerprint density at radius 3 is 2.20 bits per heavy atom. The van der Waals surface area contributed by atoms with Gasteiger partial charge in [0.1, 0.15) is 29.9 Å². The predicted octanol–water partition coefficient (Wildman–Crippen LogP) is 2.71. The highest BCUT2D eigenvalue weighted by Crippen LogP contribution is 2.26. The Labute approximate surface area is 344 Å². The number of Topliss-reactive ketones (excluding diaryl/α,β-unsaturated/α-hetero) is 1. The quantitative estimate of drug-likeness (QED) is 0.156. The number of carbonyl (C=O) groups excluding carboxylic acids is 7. The van der Waals surface area contributed by atoms with Crippen molar-refractivity contribution >= 4 is 41.4 Å². The second kappa shape index (κ2) is 20.5. The second-order valence-electron chi connectivity index (χ2n) is 15.6. The summed E-state index contributed by atoms with van der Waals surface area (Å²) in [4.78, 5) is 106. The lowest BCUT2D eigenvalue weighted by Gasteiger charge is -2.32. The van der Waals surface area contributed by atoms with E-state index < -0.39 is 83.5 Å². The minimum absolute atomic E-state index is 0.0104. The number of rotatable bonds is 16. The number of benzene rings is 2. The van der Waals surface area contributed by atoms with Gasteiger partial charge in [-0.2, -0.15) is 0 Å². The molecule has 5 atom stereocenters. The standard InChI is InChI=1S/C43H54N8O8/c1-6-12-32(37(52)41(56)46-22-28-13-8-7-9-14-28)47-39(54)34-21-31(59-43(58)50-20-17-29-15-10-11-16-30(29)24-50)25-51(34)42(57)36(27(4)5)49-40(55)35(26(2)3)48-38(53)33-23-44-18-19-45-33/h7-11,13-16,18-19,23,26-27,31-32,34-36H,6,12,17,20-22,24-25H2,1-5H3,(H,46,56)(H,47,54)(H,48,53)(H,49,55)/t31-,32?,34+,35-,36-/m1/s1. The summed E-state index contributed by atoms with van der Waals surface area (Å²) in [5, 5.41) is 10.8. The topological polar surface area (TPSA) is 209 Å². The van der Waals surface area contributed by atoms with Gasteiger partial charge in [-0.25, -0.2) is 9.78 Å². The highest BCUT2D eigenvalue weighted by molar-refractivity contribution is 6.38. The molecular formula is C43H54N8O8. The van der Waals surface area contributed by atoms with Crippen molar-refractivity contribution in [1.29, 1.82) is 0 Å². The minimum Gasteiger partial charge on any atom is -0.444 e. The molecule has 0 bridgehead atoms. The maximum absolute atomic E-state index is 14.6. The molecule has 3 heterocycles. The normalized spacial score (nSPS) is 17.6. The van der Waals surface area contributed by atoms with Crippen LogP contribution in [0, 0.1) is 11.8 Å². The Hall–Kier alpha value is -6.19. The Kier molecular flexibility index (Phi) is 15.2. The molecule has 16 nitrogen and oxygen atoms in total. The smallest absolute Gasteiger partial charge is 0.410 e. The maximum atomic E-state index is 14.6. The number of hydrogen-bond donors (Lipinski definition) is 4. The zero-order valence-corrected chi connectivity index (χ0v) is 34.2. The summed E-state index contributed by atoms with van der Waals surface area (Å²) in [7, 11) is 0. The van der Waals surface area contributed by atoms with E-state index in [-0.39, 0.29) is 31.6 Å². The lowest BCUT2D eigenvalue weighted by atomic mass is 9.98. The molecule has 0 spiro atoms. The monoisotopic (exact) mass is 810 g/mol. The summed E-state index contributed by atoms with van der Waals surface area (Å²) in [5.41, 5.74) is 2.94. The molecule has 2 aliphatic rings. The molecular weight excluding hydrogens is 757 g/mol. The van der Waals surface area contributed by atoms with Crippen molar-refractivity contribution in [2.75, 3.05) is 13.1 Å². The summed E-state index contributed by atoms with van der Waals surface area (Å²) in [6.45, 7) is 9.45. The van der Waals surface area contributed by atoms with Crippen LogP contribution in [0.4, 0.5) is 4.79 Å². The van der Waals surface area contributed by atoms with Crippen molar-refractivity contribution in [3.8, 4) is 0 Å². The van der Waals surface area contributed by atoms with E-state index in [9.17, 15) is 33.6 Å². The first-order valence-corrected chi connectivity index (χ1v) is 20.1. The lowest BCUT2D eigenvalue weighted by Crippen LogP contribution is -2.59.